The summed E-state index contributed by atoms with van der Waals surface area (Å²) >= 11 is 4.85. The van der Waals surface area contributed by atoms with Crippen LogP contribution in [-0.2, 0) is 20.9 Å². The summed E-state index contributed by atoms with van der Waals surface area (Å²) in [5.41, 5.74) is 3.20. The van der Waals surface area contributed by atoms with Crippen LogP contribution >= 0.6 is 27.3 Å². The number of carbonyl (C=O) groups excluding carboxylic acids is 2. The smallest absolute Gasteiger partial charge is 0.338 e. The molecule has 0 saturated heterocycles. The third-order valence-corrected chi connectivity index (χ3v) is 9.03. The van der Waals surface area contributed by atoms with Crippen LogP contribution in [0, 0.1) is 0 Å². The molecule has 0 amide bonds. The number of esters is 2. The van der Waals surface area contributed by atoms with E-state index < -0.39 is 12.0 Å². The topological polar surface area (TPSA) is 115 Å². The number of methoxy groups -OCH3 is 2. The summed E-state index contributed by atoms with van der Waals surface area (Å²) in [5, 5.41) is 0. The van der Waals surface area contributed by atoms with Gasteiger partial charge in [0, 0.05) is 4.47 Å². The van der Waals surface area contributed by atoms with Crippen molar-refractivity contribution in [1.82, 2.24) is 4.57 Å². The van der Waals surface area contributed by atoms with Gasteiger partial charge in [-0.05, 0) is 79.9 Å². The van der Waals surface area contributed by atoms with E-state index in [-0.39, 0.29) is 23.7 Å². The summed E-state index contributed by atoms with van der Waals surface area (Å²) in [6.07, 6.45) is 1.78. The van der Waals surface area contributed by atoms with Crippen LogP contribution in [0.25, 0.3) is 6.08 Å². The summed E-state index contributed by atoms with van der Waals surface area (Å²) in [6, 6.07) is 17.1. The van der Waals surface area contributed by atoms with Gasteiger partial charge in [-0.2, -0.15) is 0 Å². The van der Waals surface area contributed by atoms with Crippen LogP contribution in [0.1, 0.15) is 53.9 Å². The Morgan fingerprint density at radius 3 is 2.21 bits per heavy atom. The lowest BCUT2D eigenvalue weighted by Gasteiger charge is -2.26. The highest BCUT2D eigenvalue weighted by Crippen LogP contribution is 2.40. The van der Waals surface area contributed by atoms with Gasteiger partial charge in [0.15, 0.2) is 16.3 Å². The monoisotopic (exact) mass is 720 g/mol. The maximum Gasteiger partial charge on any atom is 0.338 e. The fourth-order valence-corrected chi connectivity index (χ4v) is 6.68. The standard InChI is InChI=1S/C35H33BrN2O8S/c1-6-44-33(40)23-12-8-22(9-13-23)19-46-24-14-10-21(11-15-24)16-29-32(39)38-31(25-17-27(42-4)28(43-5)18-26(25)36)30(34(41)45-7-2)20(3)37-35(38)47-29/h8-18,31H,6-7,19H2,1-5H3/b29-16-/t31-/m1/s1. The summed E-state index contributed by atoms with van der Waals surface area (Å²) in [6.45, 7) is 6.03. The molecule has 0 unspecified atom stereocenters. The predicted octanol–water partition coefficient (Wildman–Crippen LogP) is 5.33. The van der Waals surface area contributed by atoms with Gasteiger partial charge in [-0.3, -0.25) is 9.36 Å². The molecule has 47 heavy (non-hydrogen) atoms. The highest BCUT2D eigenvalue weighted by Gasteiger charge is 2.35. The van der Waals surface area contributed by atoms with Crippen molar-refractivity contribution in [2.24, 2.45) is 4.99 Å². The molecule has 244 valence electrons. The zero-order valence-electron chi connectivity index (χ0n) is 26.5. The molecule has 0 radical (unpaired) electrons. The van der Waals surface area contributed by atoms with E-state index >= 15 is 0 Å². The van der Waals surface area contributed by atoms with E-state index in [1.807, 2.05) is 36.4 Å². The van der Waals surface area contributed by atoms with Gasteiger partial charge in [-0.1, -0.05) is 51.5 Å². The van der Waals surface area contributed by atoms with Crippen LogP contribution in [0.4, 0.5) is 0 Å². The van der Waals surface area contributed by atoms with Crippen LogP contribution in [0.3, 0.4) is 0 Å². The number of benzene rings is 3. The van der Waals surface area contributed by atoms with Crippen LogP contribution in [-0.4, -0.2) is 43.9 Å². The van der Waals surface area contributed by atoms with Gasteiger partial charge < -0.3 is 23.7 Å². The van der Waals surface area contributed by atoms with E-state index in [1.165, 1.54) is 30.1 Å². The third kappa shape index (κ3) is 7.18. The molecule has 1 aliphatic heterocycles. The van der Waals surface area contributed by atoms with E-state index in [4.69, 9.17) is 23.7 Å². The Morgan fingerprint density at radius 2 is 1.57 bits per heavy atom. The minimum absolute atomic E-state index is 0.168. The van der Waals surface area contributed by atoms with Crippen molar-refractivity contribution in [3.63, 3.8) is 0 Å². The molecule has 1 aliphatic rings. The molecule has 3 aromatic carbocycles. The minimum Gasteiger partial charge on any atom is -0.493 e. The van der Waals surface area contributed by atoms with Crippen molar-refractivity contribution < 1.29 is 33.3 Å². The molecule has 0 N–H and O–H groups in total. The normalized spacial score (nSPS) is 14.3. The van der Waals surface area contributed by atoms with Gasteiger partial charge in [0.1, 0.15) is 12.4 Å². The second-order valence-electron chi connectivity index (χ2n) is 10.3. The first-order valence-corrected chi connectivity index (χ1v) is 16.4. The first-order valence-electron chi connectivity index (χ1n) is 14.8. The van der Waals surface area contributed by atoms with Gasteiger partial charge in [-0.25, -0.2) is 14.6 Å². The van der Waals surface area contributed by atoms with Crippen LogP contribution in [0.2, 0.25) is 0 Å². The molecule has 1 aromatic heterocycles. The lowest BCUT2D eigenvalue weighted by atomic mass is 9.95. The second kappa shape index (κ2) is 14.8. The molecule has 4 aromatic rings. The third-order valence-electron chi connectivity index (χ3n) is 7.36. The Bertz CT molecular complexity index is 2010. The lowest BCUT2D eigenvalue weighted by Crippen LogP contribution is -2.40. The van der Waals surface area contributed by atoms with Crippen molar-refractivity contribution in [2.75, 3.05) is 27.4 Å². The van der Waals surface area contributed by atoms with Gasteiger partial charge in [0.2, 0.25) is 0 Å². The van der Waals surface area contributed by atoms with Crippen molar-refractivity contribution >= 4 is 45.3 Å². The SMILES string of the molecule is CCOC(=O)C1=C(C)N=c2s/c(=C\c3ccc(OCc4ccc(C(=O)OCC)cc4)cc3)c(=O)n2[C@@H]1c1cc(OC)c(OC)cc1Br. The van der Waals surface area contributed by atoms with Gasteiger partial charge in [0.05, 0.1) is 54.8 Å². The van der Waals surface area contributed by atoms with Gasteiger partial charge in [-0.15, -0.1) is 0 Å². The number of nitrogens with zero attached hydrogens (tertiary/aromatic N) is 2. The average Bonchev–Trinajstić information content (AvgIpc) is 3.37. The average molecular weight is 722 g/mol. The summed E-state index contributed by atoms with van der Waals surface area (Å²) < 4.78 is 29.9. The highest BCUT2D eigenvalue weighted by molar-refractivity contribution is 9.10. The van der Waals surface area contributed by atoms with Crippen molar-refractivity contribution in [3.05, 3.63) is 118 Å². The van der Waals surface area contributed by atoms with Crippen molar-refractivity contribution in [1.29, 1.82) is 0 Å². The van der Waals surface area contributed by atoms with Crippen molar-refractivity contribution in [3.8, 4) is 17.2 Å². The zero-order valence-corrected chi connectivity index (χ0v) is 28.9. The summed E-state index contributed by atoms with van der Waals surface area (Å²) in [5.74, 6) is 0.670. The molecule has 0 aliphatic carbocycles. The molecule has 0 spiro atoms. The lowest BCUT2D eigenvalue weighted by molar-refractivity contribution is -0.139. The van der Waals surface area contributed by atoms with Gasteiger partial charge in [0.25, 0.3) is 5.56 Å². The molecule has 10 nitrogen and oxygen atoms in total. The predicted molar refractivity (Wildman–Crippen MR) is 181 cm³/mol. The van der Waals surface area contributed by atoms with Crippen molar-refractivity contribution in [2.45, 2.75) is 33.4 Å². The van der Waals surface area contributed by atoms with E-state index in [2.05, 4.69) is 20.9 Å². The molecule has 2 heterocycles. The van der Waals surface area contributed by atoms with Crippen LogP contribution in [0.15, 0.2) is 86.2 Å². The fourth-order valence-electron chi connectivity index (χ4n) is 5.10. The Morgan fingerprint density at radius 1 is 0.936 bits per heavy atom. The maximum absolute atomic E-state index is 14.0. The molecule has 0 saturated carbocycles. The molecular formula is C35H33BrN2O8S. The largest absolute Gasteiger partial charge is 0.493 e. The van der Waals surface area contributed by atoms with E-state index in [0.29, 0.717) is 61.1 Å². The first kappa shape index (κ1) is 33.7. The number of fused-ring (bicyclic) bond motifs is 1. The zero-order chi connectivity index (χ0) is 33.7. The molecule has 5 rings (SSSR count). The van der Waals surface area contributed by atoms with Crippen LogP contribution < -0.4 is 29.1 Å². The quantitative estimate of drug-likeness (QED) is 0.191. The molecule has 1 atom stereocenters. The Balaban J connectivity index is 1.46. The number of allylic oxidation sites excluding steroid dienone is 1. The number of hydrogen-bond donors (Lipinski definition) is 0. The number of ether oxygens (including phenoxy) is 5. The fraction of sp³-hybridized carbons (Fsp3) is 0.257. The van der Waals surface area contributed by atoms with E-state index in [0.717, 1.165) is 11.1 Å². The molecule has 12 heteroatoms. The van der Waals surface area contributed by atoms with E-state index in [1.54, 1.807) is 51.1 Å². The number of halogens is 1. The number of thiazole rings is 1. The Hall–Kier alpha value is -4.68. The maximum atomic E-state index is 14.0. The summed E-state index contributed by atoms with van der Waals surface area (Å²) in [7, 11) is 3.06. The van der Waals surface area contributed by atoms with E-state index in [9.17, 15) is 14.4 Å². The first-order chi connectivity index (χ1) is 22.7. The minimum atomic E-state index is -0.830. The van der Waals surface area contributed by atoms with Gasteiger partial charge >= 0.3 is 11.9 Å². The number of hydrogen-bond acceptors (Lipinski definition) is 10. The Kier molecular flexibility index (Phi) is 10.6. The Labute approximate surface area is 283 Å². The second-order valence-corrected chi connectivity index (χ2v) is 12.2. The number of aromatic nitrogens is 1. The summed E-state index contributed by atoms with van der Waals surface area (Å²) in [4.78, 5) is 44.3. The molecular weight excluding hydrogens is 688 g/mol. The molecule has 0 bridgehead atoms. The number of carbonyl (C=O) groups is 2. The number of rotatable bonds is 11. The van der Waals surface area contributed by atoms with Crippen LogP contribution in [0.5, 0.6) is 17.2 Å². The molecule has 0 fully saturated rings. The highest BCUT2D eigenvalue weighted by atomic mass is 79.9.